The third-order valence-corrected chi connectivity index (χ3v) is 8.89. The maximum absolute atomic E-state index is 13.2. The maximum atomic E-state index is 13.2. The number of phenols is 2. The number of benzene rings is 4. The van der Waals surface area contributed by atoms with Crippen LogP contribution in [0.1, 0.15) is 73.3 Å². The van der Waals surface area contributed by atoms with Crippen LogP contribution in [0.25, 0.3) is 22.0 Å². The number of amides is 1. The molecule has 0 bridgehead atoms. The van der Waals surface area contributed by atoms with Gasteiger partial charge in [0.25, 0.3) is 5.91 Å². The predicted octanol–water partition coefficient (Wildman–Crippen LogP) is 9.58. The Bertz CT molecular complexity index is 1880. The molecule has 3 N–H and O–H groups in total. The molecule has 0 aliphatic heterocycles. The Labute approximate surface area is 292 Å². The lowest BCUT2D eigenvalue weighted by Gasteiger charge is -2.25. The van der Waals surface area contributed by atoms with Gasteiger partial charge in [0.15, 0.2) is 0 Å². The van der Waals surface area contributed by atoms with Crippen molar-refractivity contribution in [1.82, 2.24) is 9.47 Å². The number of phenolic OH excluding ortho intramolecular Hbond substituents is 2. The molecule has 0 aliphatic rings. The third-order valence-electron chi connectivity index (χ3n) is 8.89. The highest BCUT2D eigenvalue weighted by atomic mass is 16.3. The molecule has 1 atom stereocenters. The molecule has 1 heterocycles. The van der Waals surface area contributed by atoms with Gasteiger partial charge in [-0.2, -0.15) is 0 Å². The van der Waals surface area contributed by atoms with Crippen LogP contribution in [0, 0.1) is 32.1 Å². The van der Waals surface area contributed by atoms with Crippen molar-refractivity contribution < 1.29 is 15.0 Å². The Hall–Kier alpha value is -4.99. The zero-order valence-corrected chi connectivity index (χ0v) is 29.9. The molecule has 49 heavy (non-hydrogen) atoms. The molecule has 1 aromatic heterocycles. The van der Waals surface area contributed by atoms with Crippen LogP contribution >= 0.6 is 0 Å². The summed E-state index contributed by atoms with van der Waals surface area (Å²) >= 11 is 0. The summed E-state index contributed by atoms with van der Waals surface area (Å²) in [6, 6.07) is 26.3. The first-order chi connectivity index (χ1) is 23.7. The summed E-state index contributed by atoms with van der Waals surface area (Å²) in [7, 11) is 0. The van der Waals surface area contributed by atoms with Gasteiger partial charge in [0.1, 0.15) is 11.5 Å². The van der Waals surface area contributed by atoms with Crippen molar-refractivity contribution in [2.75, 3.05) is 25.0 Å². The van der Waals surface area contributed by atoms with Gasteiger partial charge in [-0.3, -0.25) is 4.79 Å². The number of rotatable bonds is 13. The van der Waals surface area contributed by atoms with Gasteiger partial charge in [0.2, 0.25) is 0 Å². The number of carbonyl (C=O) groups excluding carboxylic acids is 1. The molecule has 6 nitrogen and oxygen atoms in total. The highest BCUT2D eigenvalue weighted by molar-refractivity contribution is 6.05. The summed E-state index contributed by atoms with van der Waals surface area (Å²) in [5.41, 5.74) is 7.87. The van der Waals surface area contributed by atoms with Crippen LogP contribution in [0.4, 0.5) is 5.69 Å². The zero-order chi connectivity index (χ0) is 35.5. The first-order valence-corrected chi connectivity index (χ1v) is 17.4. The fourth-order valence-electron chi connectivity index (χ4n) is 6.53. The standard InChI is InChI=1S/C41H45N3O3.C2H6/c1-6-8-20-43(19-7-2)26-28(3)27-44-30(5)29(4)36-23-32(17-18-37(36)44)21-31-13-12-16-34(22-31)41(47)42-35-24-38(45)40(39(46)25-35)33-14-10-9-11-15-33;1-2/h1,9-18,22-25,28,45-46H,7-8,19-21,26-27H2,2-5H3,(H,42,47);1-2H3. The Morgan fingerprint density at radius 2 is 1.61 bits per heavy atom. The lowest BCUT2D eigenvalue weighted by Crippen LogP contribution is -2.32. The van der Waals surface area contributed by atoms with E-state index < -0.39 is 0 Å². The number of hydrogen-bond donors (Lipinski definition) is 3. The van der Waals surface area contributed by atoms with Crippen molar-refractivity contribution in [2.45, 2.75) is 67.3 Å². The quantitative estimate of drug-likeness (QED) is 0.110. The Kier molecular flexibility index (Phi) is 13.1. The summed E-state index contributed by atoms with van der Waals surface area (Å²) in [5.74, 6) is 2.73. The fraction of sp³-hybridized carbons (Fsp3) is 0.326. The summed E-state index contributed by atoms with van der Waals surface area (Å²) in [6.07, 6.45) is 8.13. The van der Waals surface area contributed by atoms with Crippen molar-refractivity contribution >= 4 is 22.5 Å². The first-order valence-electron chi connectivity index (χ1n) is 17.4. The largest absolute Gasteiger partial charge is 0.507 e. The fourth-order valence-corrected chi connectivity index (χ4v) is 6.53. The Balaban J connectivity index is 0.00000265. The van der Waals surface area contributed by atoms with Crippen molar-refractivity contribution in [3.8, 4) is 35.0 Å². The summed E-state index contributed by atoms with van der Waals surface area (Å²) in [6.45, 7) is 16.9. The van der Waals surface area contributed by atoms with E-state index in [0.717, 1.165) is 44.6 Å². The summed E-state index contributed by atoms with van der Waals surface area (Å²) in [4.78, 5) is 15.7. The van der Waals surface area contributed by atoms with Gasteiger partial charge in [-0.25, -0.2) is 0 Å². The Morgan fingerprint density at radius 3 is 2.29 bits per heavy atom. The first kappa shape index (κ1) is 36.8. The molecule has 5 rings (SSSR count). The molecule has 1 amide bonds. The second kappa shape index (κ2) is 17.4. The third kappa shape index (κ3) is 9.13. The van der Waals surface area contributed by atoms with E-state index in [1.165, 1.54) is 39.9 Å². The number of aryl methyl sites for hydroxylation is 1. The van der Waals surface area contributed by atoms with Gasteiger partial charge >= 0.3 is 0 Å². The number of aromatic nitrogens is 1. The van der Waals surface area contributed by atoms with Gasteiger partial charge in [-0.05, 0) is 85.7 Å². The van der Waals surface area contributed by atoms with Gasteiger partial charge in [0.05, 0.1) is 5.56 Å². The van der Waals surface area contributed by atoms with Crippen LogP contribution in [-0.2, 0) is 13.0 Å². The maximum Gasteiger partial charge on any atom is 0.255 e. The van der Waals surface area contributed by atoms with E-state index in [1.54, 1.807) is 18.2 Å². The second-order valence-electron chi connectivity index (χ2n) is 12.6. The van der Waals surface area contributed by atoms with E-state index in [-0.39, 0.29) is 17.4 Å². The van der Waals surface area contributed by atoms with Gasteiger partial charge < -0.3 is 25.0 Å². The lowest BCUT2D eigenvalue weighted by atomic mass is 10.0. The molecule has 5 aromatic rings. The van der Waals surface area contributed by atoms with E-state index in [9.17, 15) is 15.0 Å². The number of hydrogen-bond acceptors (Lipinski definition) is 4. The lowest BCUT2D eigenvalue weighted by molar-refractivity contribution is 0.102. The highest BCUT2D eigenvalue weighted by Crippen LogP contribution is 2.39. The average Bonchev–Trinajstić information content (AvgIpc) is 3.32. The number of aromatic hydroxyl groups is 2. The molecule has 6 heteroatoms. The minimum Gasteiger partial charge on any atom is -0.507 e. The second-order valence-corrected chi connectivity index (χ2v) is 12.6. The van der Waals surface area contributed by atoms with Crippen LogP contribution < -0.4 is 5.32 Å². The van der Waals surface area contributed by atoms with Gasteiger partial charge in [-0.1, -0.05) is 76.2 Å². The van der Waals surface area contributed by atoms with Crippen molar-refractivity contribution in [1.29, 1.82) is 0 Å². The molecule has 0 radical (unpaired) electrons. The van der Waals surface area contributed by atoms with Crippen molar-refractivity contribution in [3.63, 3.8) is 0 Å². The van der Waals surface area contributed by atoms with Crippen LogP contribution in [-0.4, -0.2) is 45.2 Å². The minimum absolute atomic E-state index is 0.108. The van der Waals surface area contributed by atoms with Crippen molar-refractivity contribution in [3.05, 3.63) is 113 Å². The molecule has 0 fully saturated rings. The van der Waals surface area contributed by atoms with Crippen molar-refractivity contribution in [2.24, 2.45) is 5.92 Å². The monoisotopic (exact) mass is 657 g/mol. The van der Waals surface area contributed by atoms with E-state index >= 15 is 0 Å². The summed E-state index contributed by atoms with van der Waals surface area (Å²) < 4.78 is 2.46. The van der Waals surface area contributed by atoms with E-state index in [4.69, 9.17) is 6.42 Å². The molecular formula is C43H51N3O3. The average molecular weight is 658 g/mol. The smallest absolute Gasteiger partial charge is 0.255 e. The van der Waals surface area contributed by atoms with Crippen LogP contribution in [0.3, 0.4) is 0 Å². The topological polar surface area (TPSA) is 77.7 Å². The van der Waals surface area contributed by atoms with Crippen LogP contribution in [0.2, 0.25) is 0 Å². The van der Waals surface area contributed by atoms with E-state index in [0.29, 0.717) is 34.7 Å². The normalized spacial score (nSPS) is 11.6. The number of nitrogens with one attached hydrogen (secondary N) is 1. The SMILES string of the molecule is C#CCCN(CCC)CC(C)Cn1c(C)c(C)c2cc(Cc3cccc(C(=O)Nc4cc(O)c(-c5ccccc5)c(O)c4)c3)ccc21.CC. The van der Waals surface area contributed by atoms with Gasteiger partial charge in [-0.15, -0.1) is 12.3 Å². The number of fused-ring (bicyclic) bond motifs is 1. The van der Waals surface area contributed by atoms with E-state index in [2.05, 4.69) is 66.6 Å². The summed E-state index contributed by atoms with van der Waals surface area (Å²) in [5, 5.41) is 25.4. The van der Waals surface area contributed by atoms with Gasteiger partial charge in [0, 0.05) is 66.0 Å². The van der Waals surface area contributed by atoms with Crippen LogP contribution in [0.5, 0.6) is 11.5 Å². The highest BCUT2D eigenvalue weighted by Gasteiger charge is 2.17. The number of carbonyl (C=O) groups is 1. The molecular weight excluding hydrogens is 606 g/mol. The number of anilines is 1. The number of terminal acetylenes is 1. The number of nitrogens with zero attached hydrogens (tertiary/aromatic N) is 2. The molecule has 0 saturated heterocycles. The molecule has 0 aliphatic carbocycles. The molecule has 4 aromatic carbocycles. The Morgan fingerprint density at radius 1 is 0.918 bits per heavy atom. The zero-order valence-electron chi connectivity index (χ0n) is 29.9. The molecule has 1 unspecified atom stereocenters. The molecule has 0 saturated carbocycles. The molecule has 0 spiro atoms. The minimum atomic E-state index is -0.317. The predicted molar refractivity (Wildman–Crippen MR) is 205 cm³/mol. The molecule has 256 valence electrons. The van der Waals surface area contributed by atoms with E-state index in [1.807, 2.05) is 50.2 Å². The van der Waals surface area contributed by atoms with Crippen LogP contribution in [0.15, 0.2) is 84.9 Å².